The summed E-state index contributed by atoms with van der Waals surface area (Å²) in [4.78, 5) is 52.0. The molecule has 2 aromatic carbocycles. The fraction of sp³-hybridized carbons (Fsp3) is 0.321. The Morgan fingerprint density at radius 3 is 2.36 bits per heavy atom. The zero-order valence-corrected chi connectivity index (χ0v) is 24.7. The van der Waals surface area contributed by atoms with Gasteiger partial charge < -0.3 is 36.9 Å². The predicted octanol–water partition coefficient (Wildman–Crippen LogP) is -0.168. The van der Waals surface area contributed by atoms with Gasteiger partial charge in [-0.15, -0.1) is 0 Å². The highest BCUT2D eigenvalue weighted by Crippen LogP contribution is 2.25. The first kappa shape index (κ1) is 33.5. The number of aliphatic carboxylic acids is 1. The number of carbonyl (C=O) groups is 4. The van der Waals surface area contributed by atoms with Gasteiger partial charge >= 0.3 is 5.97 Å². The maximum Gasteiger partial charge on any atom is 0.341 e. The lowest BCUT2D eigenvalue weighted by atomic mass is 10.0. The topological polar surface area (TPSA) is 260 Å². The lowest BCUT2D eigenvalue weighted by Gasteiger charge is -2.23. The summed E-state index contributed by atoms with van der Waals surface area (Å²) in [6.45, 7) is 0.902. The minimum absolute atomic E-state index is 0.0630. The smallest absolute Gasteiger partial charge is 0.341 e. The Labute approximate surface area is 253 Å². The second kappa shape index (κ2) is 15.0. The van der Waals surface area contributed by atoms with E-state index in [1.165, 1.54) is 6.92 Å². The molecule has 15 nitrogen and oxygen atoms in total. The number of nitrogens with one attached hydrogen (secondary N) is 5. The Morgan fingerprint density at radius 1 is 1.05 bits per heavy atom. The van der Waals surface area contributed by atoms with E-state index >= 15 is 0 Å². The number of rotatable bonds is 17. The van der Waals surface area contributed by atoms with Gasteiger partial charge in [0, 0.05) is 35.6 Å². The van der Waals surface area contributed by atoms with E-state index in [4.69, 9.17) is 26.7 Å². The molecule has 16 heteroatoms. The Morgan fingerprint density at radius 2 is 1.75 bits per heavy atom. The van der Waals surface area contributed by atoms with Crippen molar-refractivity contribution >= 4 is 50.5 Å². The number of carboxylic acid groups (broad SMARTS) is 1. The molecule has 3 amide bonds. The van der Waals surface area contributed by atoms with E-state index in [2.05, 4.69) is 20.3 Å². The minimum atomic E-state index is -3.89. The number of primary amides is 1. The van der Waals surface area contributed by atoms with Gasteiger partial charge in [-0.1, -0.05) is 24.3 Å². The first-order valence-electron chi connectivity index (χ1n) is 13.5. The molecule has 1 heterocycles. The quantitative estimate of drug-likeness (QED) is 0.0727. The van der Waals surface area contributed by atoms with Crippen molar-refractivity contribution in [3.05, 3.63) is 65.4 Å². The fourth-order valence-electron chi connectivity index (χ4n) is 4.21. The summed E-state index contributed by atoms with van der Waals surface area (Å²) < 4.78 is 32.7. The molecule has 1 aromatic heterocycles. The fourth-order valence-corrected chi connectivity index (χ4v) is 5.00. The third-order valence-electron chi connectivity index (χ3n) is 6.59. The van der Waals surface area contributed by atoms with Gasteiger partial charge in [0.15, 0.2) is 6.61 Å². The molecule has 0 fully saturated rings. The largest absolute Gasteiger partial charge is 0.482 e. The molecule has 3 rings (SSSR count). The molecule has 10 N–H and O–H groups in total. The van der Waals surface area contributed by atoms with Gasteiger partial charge in [-0.25, -0.2) is 17.9 Å². The van der Waals surface area contributed by atoms with Crippen LogP contribution >= 0.6 is 0 Å². The highest BCUT2D eigenvalue weighted by Gasteiger charge is 2.29. The summed E-state index contributed by atoms with van der Waals surface area (Å²) in [6, 6.07) is 8.78. The van der Waals surface area contributed by atoms with Gasteiger partial charge in [-0.3, -0.25) is 19.8 Å². The van der Waals surface area contributed by atoms with Crippen molar-refractivity contribution < 1.29 is 37.4 Å². The van der Waals surface area contributed by atoms with Crippen LogP contribution in [-0.2, 0) is 42.2 Å². The molecule has 3 aromatic rings. The van der Waals surface area contributed by atoms with Crippen LogP contribution in [-0.4, -0.2) is 72.5 Å². The number of hydrogen-bond donors (Lipinski definition) is 8. The van der Waals surface area contributed by atoms with Crippen molar-refractivity contribution in [1.29, 1.82) is 5.41 Å². The third kappa shape index (κ3) is 9.81. The number of sulfonamides is 1. The number of benzene rings is 2. The molecule has 2 atom stereocenters. The first-order valence-corrected chi connectivity index (χ1v) is 15.2. The standard InChI is InChI=1S/C28H35N7O8S/c1-2-44(41,42)35-23(11-18-14-32-21-8-7-19(12-20(18)21)43-15-25(37)38)28(40)34-22(9-10-24(29)36)27(39)33-13-16-3-5-17(6-4-16)26(30)31/h3-8,12,14,22-23,32,35H,2,9-11,13,15H2,1H3,(H2,29,36)(H3,30,31)(H,33,39)(H,34,40)(H,37,38)/t22-,23+/m0/s1. The Bertz CT molecular complexity index is 1640. The second-order valence-electron chi connectivity index (χ2n) is 9.88. The van der Waals surface area contributed by atoms with Gasteiger partial charge in [0.25, 0.3) is 0 Å². The van der Waals surface area contributed by atoms with Crippen molar-refractivity contribution in [3.63, 3.8) is 0 Å². The molecule has 0 aliphatic heterocycles. The molecule has 0 aliphatic rings. The summed E-state index contributed by atoms with van der Waals surface area (Å²) >= 11 is 0. The number of carbonyl (C=O) groups excluding carboxylic acids is 3. The number of aromatic amines is 1. The van der Waals surface area contributed by atoms with Crippen LogP contribution in [0, 0.1) is 5.41 Å². The maximum atomic E-state index is 13.5. The van der Waals surface area contributed by atoms with Crippen LogP contribution in [0.2, 0.25) is 0 Å². The van der Waals surface area contributed by atoms with E-state index in [0.717, 1.165) is 0 Å². The lowest BCUT2D eigenvalue weighted by Crippen LogP contribution is -2.54. The Kier molecular flexibility index (Phi) is 11.4. The number of amidine groups is 1. The van der Waals surface area contributed by atoms with Crippen molar-refractivity contribution in [1.82, 2.24) is 20.3 Å². The molecular formula is C28H35N7O8S. The van der Waals surface area contributed by atoms with Crippen molar-refractivity contribution in [2.24, 2.45) is 11.5 Å². The van der Waals surface area contributed by atoms with E-state index in [1.54, 1.807) is 48.7 Å². The highest BCUT2D eigenvalue weighted by molar-refractivity contribution is 7.89. The van der Waals surface area contributed by atoms with E-state index < -0.39 is 52.4 Å². The van der Waals surface area contributed by atoms with Crippen LogP contribution in [0.15, 0.2) is 48.7 Å². The van der Waals surface area contributed by atoms with Crippen LogP contribution in [0.5, 0.6) is 5.75 Å². The molecule has 0 aliphatic carbocycles. The third-order valence-corrected chi connectivity index (χ3v) is 7.99. The molecule has 0 radical (unpaired) electrons. The second-order valence-corrected chi connectivity index (χ2v) is 11.9. The number of ether oxygens (including phenoxy) is 1. The number of nitrogen functional groups attached to an aromatic ring is 1. The molecule has 0 saturated carbocycles. The van der Waals surface area contributed by atoms with Crippen LogP contribution in [0.4, 0.5) is 0 Å². The van der Waals surface area contributed by atoms with Crippen molar-refractivity contribution in [2.75, 3.05) is 12.4 Å². The zero-order valence-electron chi connectivity index (χ0n) is 23.9. The van der Waals surface area contributed by atoms with Crippen LogP contribution in [0.1, 0.15) is 36.5 Å². The molecule has 44 heavy (non-hydrogen) atoms. The SMILES string of the molecule is CCS(=O)(=O)N[C@H](Cc1c[nH]c2ccc(OCC(=O)O)cc12)C(=O)N[C@@H](CCC(N)=O)C(=O)NCc1ccc(C(=N)N)cc1. The van der Waals surface area contributed by atoms with Gasteiger partial charge in [-0.05, 0) is 49.1 Å². The molecule has 236 valence electrons. The minimum Gasteiger partial charge on any atom is -0.482 e. The zero-order chi connectivity index (χ0) is 32.4. The molecular weight excluding hydrogens is 594 g/mol. The van der Waals surface area contributed by atoms with E-state index in [0.29, 0.717) is 27.6 Å². The summed E-state index contributed by atoms with van der Waals surface area (Å²) in [6.07, 6.45) is 1.08. The molecule has 0 bridgehead atoms. The van der Waals surface area contributed by atoms with E-state index in [-0.39, 0.29) is 43.1 Å². The molecule has 0 saturated heterocycles. The summed E-state index contributed by atoms with van der Waals surface area (Å²) in [7, 11) is -3.89. The highest BCUT2D eigenvalue weighted by atomic mass is 32.2. The first-order chi connectivity index (χ1) is 20.8. The number of aromatic nitrogens is 1. The number of nitrogens with two attached hydrogens (primary N) is 2. The van der Waals surface area contributed by atoms with Crippen molar-refractivity contribution in [2.45, 2.75) is 44.8 Å². The normalized spacial score (nSPS) is 12.7. The van der Waals surface area contributed by atoms with E-state index in [1.807, 2.05) is 0 Å². The van der Waals surface area contributed by atoms with Crippen molar-refractivity contribution in [3.8, 4) is 5.75 Å². The molecule has 0 spiro atoms. The number of H-pyrrole nitrogens is 1. The Hall–Kier alpha value is -4.96. The summed E-state index contributed by atoms with van der Waals surface area (Å²) in [5.74, 6) is -3.46. The molecule has 0 unspecified atom stereocenters. The monoisotopic (exact) mass is 629 g/mol. The number of fused-ring (bicyclic) bond motifs is 1. The van der Waals surface area contributed by atoms with Gasteiger partial charge in [0.1, 0.15) is 23.7 Å². The van der Waals surface area contributed by atoms with Crippen LogP contribution in [0.3, 0.4) is 0 Å². The van der Waals surface area contributed by atoms with Gasteiger partial charge in [0.05, 0.1) is 5.75 Å². The number of carboxylic acids is 1. The number of hydrogen-bond acceptors (Lipinski definition) is 8. The average molecular weight is 630 g/mol. The number of amides is 3. The Balaban J connectivity index is 1.82. The lowest BCUT2D eigenvalue weighted by molar-refractivity contribution is -0.139. The maximum absolute atomic E-state index is 13.5. The summed E-state index contributed by atoms with van der Waals surface area (Å²) in [5, 5.41) is 22.2. The predicted molar refractivity (Wildman–Crippen MR) is 161 cm³/mol. The van der Waals surface area contributed by atoms with Gasteiger partial charge in [0.2, 0.25) is 27.7 Å². The van der Waals surface area contributed by atoms with Crippen LogP contribution in [0.25, 0.3) is 10.9 Å². The summed E-state index contributed by atoms with van der Waals surface area (Å²) in [5.41, 5.74) is 13.1. The van der Waals surface area contributed by atoms with E-state index in [9.17, 15) is 27.6 Å². The average Bonchev–Trinajstić information content (AvgIpc) is 3.38. The van der Waals surface area contributed by atoms with Gasteiger partial charge in [-0.2, -0.15) is 0 Å². The van der Waals surface area contributed by atoms with Crippen LogP contribution < -0.4 is 31.6 Å².